The Bertz CT molecular complexity index is 580. The molecule has 1 fully saturated rings. The van der Waals surface area contributed by atoms with Gasteiger partial charge in [0, 0.05) is 25.7 Å². The van der Waals surface area contributed by atoms with E-state index in [0.717, 1.165) is 13.1 Å². The molecule has 0 saturated carbocycles. The lowest BCUT2D eigenvalue weighted by atomic mass is 10.1. The van der Waals surface area contributed by atoms with Crippen molar-refractivity contribution in [1.29, 1.82) is 0 Å². The van der Waals surface area contributed by atoms with Crippen LogP contribution in [-0.4, -0.2) is 48.4 Å². The van der Waals surface area contributed by atoms with E-state index < -0.39 is 11.9 Å². The molecule has 2 N–H and O–H groups in total. The summed E-state index contributed by atoms with van der Waals surface area (Å²) in [6.07, 6.45) is 0. The van der Waals surface area contributed by atoms with Gasteiger partial charge >= 0.3 is 0 Å². The van der Waals surface area contributed by atoms with Crippen molar-refractivity contribution in [2.24, 2.45) is 0 Å². The van der Waals surface area contributed by atoms with Gasteiger partial charge in [0.2, 0.25) is 5.91 Å². The van der Waals surface area contributed by atoms with Crippen molar-refractivity contribution < 1.29 is 9.59 Å². The van der Waals surface area contributed by atoms with E-state index in [2.05, 4.69) is 10.6 Å². The molecule has 1 aliphatic heterocycles. The van der Waals surface area contributed by atoms with Crippen LogP contribution < -0.4 is 10.6 Å². The highest BCUT2D eigenvalue weighted by Crippen LogP contribution is 2.25. The highest BCUT2D eigenvalue weighted by atomic mass is 35.5. The van der Waals surface area contributed by atoms with Crippen molar-refractivity contribution in [3.05, 3.63) is 33.8 Å². The van der Waals surface area contributed by atoms with Crippen LogP contribution in [0.3, 0.4) is 0 Å². The van der Waals surface area contributed by atoms with Crippen molar-refractivity contribution in [1.82, 2.24) is 15.5 Å². The van der Waals surface area contributed by atoms with Crippen molar-refractivity contribution in [3.8, 4) is 0 Å². The number of benzene rings is 1. The molecule has 120 valence electrons. The Morgan fingerprint density at radius 2 is 2.14 bits per heavy atom. The second kappa shape index (κ2) is 7.31. The lowest BCUT2D eigenvalue weighted by molar-refractivity contribution is -0.135. The van der Waals surface area contributed by atoms with Gasteiger partial charge in [-0.25, -0.2) is 0 Å². The van der Waals surface area contributed by atoms with Crippen LogP contribution in [0.1, 0.15) is 24.2 Å². The summed E-state index contributed by atoms with van der Waals surface area (Å²) >= 11 is 11.9. The Balaban J connectivity index is 2.04. The maximum absolute atomic E-state index is 12.5. The third-order valence-corrected chi connectivity index (χ3v) is 4.52. The Kier molecular flexibility index (Phi) is 5.67. The van der Waals surface area contributed by atoms with E-state index in [1.54, 1.807) is 30.0 Å². The number of nitrogens with one attached hydrogen (secondary N) is 2. The predicted octanol–water partition coefficient (Wildman–Crippen LogP) is 1.93. The lowest BCUT2D eigenvalue weighted by Gasteiger charge is -2.35. The number of carbonyl (C=O) groups excluding carboxylic acids is 2. The second-order valence-electron chi connectivity index (χ2n) is 5.38. The molecule has 0 spiro atoms. The van der Waals surface area contributed by atoms with Gasteiger partial charge in [-0.1, -0.05) is 29.3 Å². The summed E-state index contributed by atoms with van der Waals surface area (Å²) in [5.74, 6) is -0.503. The minimum Gasteiger partial charge on any atom is -0.340 e. The maximum Gasteiger partial charge on any atom is 0.253 e. The number of amides is 2. The smallest absolute Gasteiger partial charge is 0.253 e. The number of carbonyl (C=O) groups is 2. The Morgan fingerprint density at radius 3 is 2.82 bits per heavy atom. The van der Waals surface area contributed by atoms with Crippen molar-refractivity contribution in [2.45, 2.75) is 25.9 Å². The van der Waals surface area contributed by atoms with Gasteiger partial charge in [-0.2, -0.15) is 0 Å². The summed E-state index contributed by atoms with van der Waals surface area (Å²) in [5.41, 5.74) is 0.266. The molecule has 1 unspecified atom stereocenters. The summed E-state index contributed by atoms with van der Waals surface area (Å²) in [6, 6.07) is 4.32. The first kappa shape index (κ1) is 17.1. The highest BCUT2D eigenvalue weighted by Gasteiger charge is 2.28. The normalized spacial score (nSPS) is 19.6. The minimum atomic E-state index is -0.622. The van der Waals surface area contributed by atoms with Gasteiger partial charge in [-0.3, -0.25) is 9.59 Å². The largest absolute Gasteiger partial charge is 0.340 e. The monoisotopic (exact) mass is 343 g/mol. The fourth-order valence-corrected chi connectivity index (χ4v) is 2.82. The molecule has 1 aromatic rings. The summed E-state index contributed by atoms with van der Waals surface area (Å²) in [7, 11) is 0. The van der Waals surface area contributed by atoms with Gasteiger partial charge < -0.3 is 15.5 Å². The van der Waals surface area contributed by atoms with E-state index in [9.17, 15) is 9.59 Å². The number of hydrogen-bond acceptors (Lipinski definition) is 3. The van der Waals surface area contributed by atoms with E-state index >= 15 is 0 Å². The van der Waals surface area contributed by atoms with Crippen LogP contribution in [0.4, 0.5) is 0 Å². The van der Waals surface area contributed by atoms with Gasteiger partial charge in [0.15, 0.2) is 0 Å². The average molecular weight is 344 g/mol. The van der Waals surface area contributed by atoms with E-state index in [1.165, 1.54) is 0 Å². The number of nitrogens with zero attached hydrogens (tertiary/aromatic N) is 1. The maximum atomic E-state index is 12.5. The number of halogens is 2. The molecule has 1 heterocycles. The molecule has 0 aliphatic carbocycles. The van der Waals surface area contributed by atoms with Gasteiger partial charge in [0.05, 0.1) is 15.6 Å². The first-order valence-electron chi connectivity index (χ1n) is 7.18. The fraction of sp³-hybridized carbons (Fsp3) is 0.467. The van der Waals surface area contributed by atoms with Crippen LogP contribution in [0.25, 0.3) is 0 Å². The van der Waals surface area contributed by atoms with Crippen molar-refractivity contribution in [2.75, 3.05) is 19.6 Å². The first-order chi connectivity index (χ1) is 10.4. The summed E-state index contributed by atoms with van der Waals surface area (Å²) in [5, 5.41) is 6.41. The molecule has 22 heavy (non-hydrogen) atoms. The zero-order valence-corrected chi connectivity index (χ0v) is 14.0. The topological polar surface area (TPSA) is 61.4 Å². The minimum absolute atomic E-state index is 0.0968. The molecule has 1 aliphatic rings. The highest BCUT2D eigenvalue weighted by molar-refractivity contribution is 6.43. The Hall–Kier alpha value is -1.30. The Labute approximate surface area is 139 Å². The Morgan fingerprint density at radius 1 is 1.41 bits per heavy atom. The van der Waals surface area contributed by atoms with Gasteiger partial charge in [0.25, 0.3) is 5.91 Å². The van der Waals surface area contributed by atoms with E-state index in [1.807, 2.05) is 6.92 Å². The van der Waals surface area contributed by atoms with Crippen LogP contribution in [0.15, 0.2) is 18.2 Å². The molecule has 0 bridgehead atoms. The summed E-state index contributed by atoms with van der Waals surface area (Å²) < 4.78 is 0. The molecule has 1 saturated heterocycles. The quantitative estimate of drug-likeness (QED) is 0.881. The third-order valence-electron chi connectivity index (χ3n) is 3.70. The van der Waals surface area contributed by atoms with E-state index in [0.29, 0.717) is 11.6 Å². The van der Waals surface area contributed by atoms with E-state index in [-0.39, 0.29) is 22.5 Å². The summed E-state index contributed by atoms with van der Waals surface area (Å²) in [6.45, 7) is 5.81. The molecule has 0 radical (unpaired) electrons. The molecule has 1 aromatic carbocycles. The molecule has 2 rings (SSSR count). The predicted molar refractivity (Wildman–Crippen MR) is 87.4 cm³/mol. The zero-order valence-electron chi connectivity index (χ0n) is 12.5. The number of hydrogen-bond donors (Lipinski definition) is 2. The number of piperazine rings is 1. The summed E-state index contributed by atoms with van der Waals surface area (Å²) in [4.78, 5) is 26.5. The molecule has 2 amide bonds. The molecule has 7 heteroatoms. The van der Waals surface area contributed by atoms with Crippen LogP contribution in [0.2, 0.25) is 10.0 Å². The SMILES string of the molecule is CC(NC(=O)c1cccc(Cl)c1Cl)C(=O)N1CCNC[C@H]1C. The van der Waals surface area contributed by atoms with Crippen LogP contribution >= 0.6 is 23.2 Å². The van der Waals surface area contributed by atoms with Crippen LogP contribution in [0, 0.1) is 0 Å². The molecular formula is C15H19Cl2N3O2. The first-order valence-corrected chi connectivity index (χ1v) is 7.93. The third kappa shape index (κ3) is 3.72. The molecule has 2 atom stereocenters. The van der Waals surface area contributed by atoms with Crippen molar-refractivity contribution >= 4 is 35.0 Å². The molecule has 0 aromatic heterocycles. The zero-order chi connectivity index (χ0) is 16.3. The van der Waals surface area contributed by atoms with Crippen LogP contribution in [0.5, 0.6) is 0 Å². The number of rotatable bonds is 3. The molecule has 5 nitrogen and oxygen atoms in total. The van der Waals surface area contributed by atoms with Crippen LogP contribution in [-0.2, 0) is 4.79 Å². The fourth-order valence-electron chi connectivity index (χ4n) is 2.43. The molecular weight excluding hydrogens is 325 g/mol. The standard InChI is InChI=1S/C15H19Cl2N3O2/c1-9-8-18-6-7-20(9)15(22)10(2)19-14(21)11-4-3-5-12(16)13(11)17/h3-5,9-10,18H,6-8H2,1-2H3,(H,19,21)/t9-,10?/m1/s1. The van der Waals surface area contributed by atoms with Crippen molar-refractivity contribution in [3.63, 3.8) is 0 Å². The average Bonchev–Trinajstić information content (AvgIpc) is 2.49. The second-order valence-corrected chi connectivity index (χ2v) is 6.17. The van der Waals surface area contributed by atoms with E-state index in [4.69, 9.17) is 23.2 Å². The van der Waals surface area contributed by atoms with Gasteiger partial charge in [0.1, 0.15) is 6.04 Å². The van der Waals surface area contributed by atoms with Gasteiger partial charge in [-0.15, -0.1) is 0 Å². The lowest BCUT2D eigenvalue weighted by Crippen LogP contribution is -2.57. The van der Waals surface area contributed by atoms with Gasteiger partial charge in [-0.05, 0) is 26.0 Å².